The number of amides is 1. The largest absolute Gasteiger partial charge is 0.330 e. The Hall–Kier alpha value is -1.35. The monoisotopic (exact) mass is 220 g/mol. The Kier molecular flexibility index (Phi) is 5.57. The van der Waals surface area contributed by atoms with Gasteiger partial charge >= 0.3 is 0 Å². The first-order chi connectivity index (χ1) is 7.79. The van der Waals surface area contributed by atoms with Crippen molar-refractivity contribution in [3.05, 3.63) is 30.3 Å². The van der Waals surface area contributed by atoms with Crippen molar-refractivity contribution in [2.75, 3.05) is 18.0 Å². The molecule has 0 radical (unpaired) electrons. The summed E-state index contributed by atoms with van der Waals surface area (Å²) in [5.74, 6) is 0.183. The maximum absolute atomic E-state index is 11.9. The molecule has 3 heteroatoms. The van der Waals surface area contributed by atoms with Crippen LogP contribution in [0, 0.1) is 0 Å². The van der Waals surface area contributed by atoms with Crippen molar-refractivity contribution in [3.8, 4) is 0 Å². The van der Waals surface area contributed by atoms with E-state index in [2.05, 4.69) is 0 Å². The molecule has 0 aliphatic heterocycles. The summed E-state index contributed by atoms with van der Waals surface area (Å²) in [5.41, 5.74) is 6.46. The second kappa shape index (κ2) is 7.01. The van der Waals surface area contributed by atoms with Crippen LogP contribution >= 0.6 is 0 Å². The van der Waals surface area contributed by atoms with Crippen molar-refractivity contribution in [2.45, 2.75) is 26.2 Å². The Morgan fingerprint density at radius 2 is 2.00 bits per heavy atom. The molecule has 0 fully saturated rings. The molecule has 0 spiro atoms. The fourth-order valence-corrected chi connectivity index (χ4v) is 1.60. The third-order valence-electron chi connectivity index (χ3n) is 2.42. The molecule has 0 heterocycles. The standard InChI is InChI=1S/C13H20N2O/c1-2-7-13(16)15(11-6-10-14)12-8-4-3-5-9-12/h3-5,8-9H,2,6-7,10-11,14H2,1H3. The van der Waals surface area contributed by atoms with Crippen molar-refractivity contribution < 1.29 is 4.79 Å². The molecule has 0 aromatic heterocycles. The van der Waals surface area contributed by atoms with E-state index in [1.54, 1.807) is 0 Å². The third kappa shape index (κ3) is 3.66. The van der Waals surface area contributed by atoms with E-state index in [0.29, 0.717) is 19.5 Å². The molecule has 0 saturated heterocycles. The number of carbonyl (C=O) groups excluding carboxylic acids is 1. The van der Waals surface area contributed by atoms with Crippen LogP contribution in [0.1, 0.15) is 26.2 Å². The van der Waals surface area contributed by atoms with Gasteiger partial charge in [-0.1, -0.05) is 25.1 Å². The molecule has 0 saturated carbocycles. The van der Waals surface area contributed by atoms with Gasteiger partial charge in [-0.15, -0.1) is 0 Å². The molecule has 1 aromatic rings. The van der Waals surface area contributed by atoms with Crippen LogP contribution in [0.25, 0.3) is 0 Å². The highest BCUT2D eigenvalue weighted by molar-refractivity contribution is 5.93. The normalized spacial score (nSPS) is 10.1. The number of para-hydroxylation sites is 1. The van der Waals surface area contributed by atoms with Crippen LogP contribution < -0.4 is 10.6 Å². The molecular weight excluding hydrogens is 200 g/mol. The summed E-state index contributed by atoms with van der Waals surface area (Å²) in [6.07, 6.45) is 2.31. The molecule has 0 bridgehead atoms. The van der Waals surface area contributed by atoms with Gasteiger partial charge in [-0.2, -0.15) is 0 Å². The van der Waals surface area contributed by atoms with E-state index in [0.717, 1.165) is 18.5 Å². The van der Waals surface area contributed by atoms with Crippen LogP contribution in [0.5, 0.6) is 0 Å². The summed E-state index contributed by atoms with van der Waals surface area (Å²) in [6.45, 7) is 3.34. The minimum atomic E-state index is 0.183. The van der Waals surface area contributed by atoms with Crippen LogP contribution in [0.2, 0.25) is 0 Å². The smallest absolute Gasteiger partial charge is 0.226 e. The zero-order valence-corrected chi connectivity index (χ0v) is 9.86. The van der Waals surface area contributed by atoms with E-state index in [1.165, 1.54) is 0 Å². The van der Waals surface area contributed by atoms with Crippen molar-refractivity contribution in [1.29, 1.82) is 0 Å². The van der Waals surface area contributed by atoms with Gasteiger partial charge in [0, 0.05) is 18.7 Å². The highest BCUT2D eigenvalue weighted by atomic mass is 16.2. The quantitative estimate of drug-likeness (QED) is 0.798. The lowest BCUT2D eigenvalue weighted by Crippen LogP contribution is -2.32. The molecule has 1 rings (SSSR count). The SMILES string of the molecule is CCCC(=O)N(CCCN)c1ccccc1. The number of carbonyl (C=O) groups is 1. The van der Waals surface area contributed by atoms with E-state index >= 15 is 0 Å². The summed E-state index contributed by atoms with van der Waals surface area (Å²) >= 11 is 0. The number of hydrogen-bond acceptors (Lipinski definition) is 2. The number of nitrogens with zero attached hydrogens (tertiary/aromatic N) is 1. The third-order valence-corrected chi connectivity index (χ3v) is 2.42. The van der Waals surface area contributed by atoms with Crippen molar-refractivity contribution in [2.24, 2.45) is 5.73 Å². The van der Waals surface area contributed by atoms with Gasteiger partial charge in [0.05, 0.1) is 0 Å². The molecule has 0 aliphatic carbocycles. The number of anilines is 1. The Morgan fingerprint density at radius 1 is 1.31 bits per heavy atom. The number of hydrogen-bond donors (Lipinski definition) is 1. The van der Waals surface area contributed by atoms with E-state index < -0.39 is 0 Å². The van der Waals surface area contributed by atoms with Gasteiger partial charge < -0.3 is 10.6 Å². The second-order valence-electron chi connectivity index (χ2n) is 3.77. The lowest BCUT2D eigenvalue weighted by Gasteiger charge is -2.22. The predicted octanol–water partition coefficient (Wildman–Crippen LogP) is 2.17. The van der Waals surface area contributed by atoms with Crippen LogP contribution in [-0.4, -0.2) is 19.0 Å². The zero-order valence-electron chi connectivity index (χ0n) is 9.86. The van der Waals surface area contributed by atoms with Crippen LogP contribution in [-0.2, 0) is 4.79 Å². The molecule has 1 aromatic carbocycles. The molecule has 2 N–H and O–H groups in total. The minimum absolute atomic E-state index is 0.183. The Balaban J connectivity index is 2.74. The van der Waals surface area contributed by atoms with Gasteiger partial charge in [0.15, 0.2) is 0 Å². The highest BCUT2D eigenvalue weighted by Gasteiger charge is 2.13. The van der Waals surface area contributed by atoms with E-state index in [9.17, 15) is 4.79 Å². The van der Waals surface area contributed by atoms with Gasteiger partial charge in [-0.25, -0.2) is 0 Å². The molecule has 0 aliphatic rings. The van der Waals surface area contributed by atoms with Gasteiger partial charge in [-0.05, 0) is 31.5 Å². The Labute approximate surface area is 97.2 Å². The Bertz CT molecular complexity index is 311. The summed E-state index contributed by atoms with van der Waals surface area (Å²) < 4.78 is 0. The summed E-state index contributed by atoms with van der Waals surface area (Å²) in [7, 11) is 0. The molecule has 3 nitrogen and oxygen atoms in total. The number of nitrogens with two attached hydrogens (primary N) is 1. The van der Waals surface area contributed by atoms with Gasteiger partial charge in [0.2, 0.25) is 5.91 Å². The molecular formula is C13H20N2O. The van der Waals surface area contributed by atoms with Crippen LogP contribution in [0.3, 0.4) is 0 Å². The number of benzene rings is 1. The summed E-state index contributed by atoms with van der Waals surface area (Å²) in [5, 5.41) is 0. The first-order valence-corrected chi connectivity index (χ1v) is 5.85. The first-order valence-electron chi connectivity index (χ1n) is 5.85. The molecule has 0 atom stereocenters. The average molecular weight is 220 g/mol. The molecule has 88 valence electrons. The lowest BCUT2D eigenvalue weighted by molar-refractivity contribution is -0.118. The van der Waals surface area contributed by atoms with Crippen molar-refractivity contribution in [3.63, 3.8) is 0 Å². The highest BCUT2D eigenvalue weighted by Crippen LogP contribution is 2.15. The zero-order chi connectivity index (χ0) is 11.8. The number of rotatable bonds is 6. The van der Waals surface area contributed by atoms with E-state index in [-0.39, 0.29) is 5.91 Å². The van der Waals surface area contributed by atoms with Gasteiger partial charge in [0.25, 0.3) is 0 Å². The summed E-state index contributed by atoms with van der Waals surface area (Å²) in [4.78, 5) is 13.8. The molecule has 16 heavy (non-hydrogen) atoms. The van der Waals surface area contributed by atoms with Crippen molar-refractivity contribution in [1.82, 2.24) is 0 Å². The van der Waals surface area contributed by atoms with E-state index in [4.69, 9.17) is 5.73 Å². The maximum atomic E-state index is 11.9. The lowest BCUT2D eigenvalue weighted by atomic mass is 10.2. The van der Waals surface area contributed by atoms with E-state index in [1.807, 2.05) is 42.2 Å². The van der Waals surface area contributed by atoms with Crippen molar-refractivity contribution >= 4 is 11.6 Å². The first kappa shape index (κ1) is 12.7. The predicted molar refractivity (Wildman–Crippen MR) is 67.4 cm³/mol. The fraction of sp³-hybridized carbons (Fsp3) is 0.462. The second-order valence-corrected chi connectivity index (χ2v) is 3.77. The maximum Gasteiger partial charge on any atom is 0.226 e. The van der Waals surface area contributed by atoms with Crippen LogP contribution in [0.15, 0.2) is 30.3 Å². The molecule has 0 unspecified atom stereocenters. The fourth-order valence-electron chi connectivity index (χ4n) is 1.60. The summed E-state index contributed by atoms with van der Waals surface area (Å²) in [6, 6.07) is 9.77. The van der Waals surface area contributed by atoms with Gasteiger partial charge in [-0.3, -0.25) is 4.79 Å². The topological polar surface area (TPSA) is 46.3 Å². The van der Waals surface area contributed by atoms with Gasteiger partial charge in [0.1, 0.15) is 0 Å². The minimum Gasteiger partial charge on any atom is -0.330 e. The average Bonchev–Trinajstić information content (AvgIpc) is 2.31. The Morgan fingerprint density at radius 3 is 2.56 bits per heavy atom. The molecule has 1 amide bonds. The van der Waals surface area contributed by atoms with Crippen LogP contribution in [0.4, 0.5) is 5.69 Å².